The molecule has 3 aromatic heterocycles. The molecule has 0 aliphatic rings. The number of unbranched alkanes of at least 4 members (excludes halogenated alkanes) is 1. The lowest BCUT2D eigenvalue weighted by molar-refractivity contribution is 0.0953. The molecule has 138 valence electrons. The molecule has 4 rings (SSSR count). The Morgan fingerprint density at radius 3 is 3.04 bits per heavy atom. The minimum Gasteiger partial charge on any atom is -0.460 e. The topological polar surface area (TPSA) is 64.4 Å². The molecule has 6 heteroatoms. The summed E-state index contributed by atoms with van der Waals surface area (Å²) in [4.78, 5) is 16.8. The van der Waals surface area contributed by atoms with Gasteiger partial charge in [-0.2, -0.15) is 0 Å². The Labute approximate surface area is 161 Å². The highest BCUT2D eigenvalue weighted by Crippen LogP contribution is 2.35. The fraction of sp³-hybridized carbons (Fsp3) is 0.238. The number of carbonyl (C=O) groups is 1. The summed E-state index contributed by atoms with van der Waals surface area (Å²) >= 11 is 1.59. The third kappa shape index (κ3) is 3.40. The molecular formula is C21H20N2O3S. The van der Waals surface area contributed by atoms with Crippen LogP contribution < -0.4 is 10.1 Å². The normalized spacial score (nSPS) is 11.2. The first-order chi connectivity index (χ1) is 13.2. The number of benzene rings is 1. The zero-order valence-electron chi connectivity index (χ0n) is 15.2. The average molecular weight is 380 g/mol. The average Bonchev–Trinajstić information content (AvgIpc) is 3.25. The number of nitrogens with zero attached hydrogens (tertiary/aromatic N) is 1. The Bertz CT molecular complexity index is 1110. The number of carbonyl (C=O) groups excluding carboxylic acids is 1. The van der Waals surface area contributed by atoms with E-state index in [1.807, 2.05) is 42.6 Å². The molecule has 0 bridgehead atoms. The van der Waals surface area contributed by atoms with Gasteiger partial charge in [-0.3, -0.25) is 9.78 Å². The molecule has 0 unspecified atom stereocenters. The molecule has 4 aromatic rings. The Kier molecular flexibility index (Phi) is 4.81. The van der Waals surface area contributed by atoms with E-state index in [2.05, 4.69) is 17.2 Å². The summed E-state index contributed by atoms with van der Waals surface area (Å²) in [7, 11) is 0. The van der Waals surface area contributed by atoms with Gasteiger partial charge in [0.05, 0.1) is 15.8 Å². The molecule has 1 amide bonds. The maximum Gasteiger partial charge on any atom is 0.255 e. The van der Waals surface area contributed by atoms with Gasteiger partial charge in [0.25, 0.3) is 5.91 Å². The van der Waals surface area contributed by atoms with E-state index >= 15 is 0 Å². The molecule has 3 heterocycles. The van der Waals surface area contributed by atoms with Crippen molar-refractivity contribution in [1.29, 1.82) is 0 Å². The molecule has 0 aliphatic heterocycles. The van der Waals surface area contributed by atoms with Crippen LogP contribution in [0.5, 0.6) is 11.5 Å². The van der Waals surface area contributed by atoms with Crippen LogP contribution in [-0.2, 0) is 0 Å². The number of aryl methyl sites for hydroxylation is 1. The van der Waals surface area contributed by atoms with Crippen molar-refractivity contribution in [2.45, 2.75) is 26.7 Å². The summed E-state index contributed by atoms with van der Waals surface area (Å²) in [5.74, 6) is 1.94. The van der Waals surface area contributed by atoms with Gasteiger partial charge < -0.3 is 14.5 Å². The molecule has 1 aromatic carbocycles. The SMILES string of the molecule is CCCCNC(=O)c1c(C)oc2cc(Oc3ccnc4ccsc34)ccc12. The van der Waals surface area contributed by atoms with Crippen molar-refractivity contribution in [3.05, 3.63) is 53.2 Å². The summed E-state index contributed by atoms with van der Waals surface area (Å²) in [5.41, 5.74) is 2.15. The van der Waals surface area contributed by atoms with Crippen molar-refractivity contribution < 1.29 is 13.9 Å². The van der Waals surface area contributed by atoms with Gasteiger partial charge in [-0.15, -0.1) is 11.3 Å². The van der Waals surface area contributed by atoms with Crippen LogP contribution in [0.15, 0.2) is 46.3 Å². The first-order valence-electron chi connectivity index (χ1n) is 8.98. The molecule has 0 saturated carbocycles. The molecule has 0 atom stereocenters. The highest BCUT2D eigenvalue weighted by Gasteiger charge is 2.18. The molecule has 0 radical (unpaired) electrons. The first-order valence-corrected chi connectivity index (χ1v) is 9.86. The summed E-state index contributed by atoms with van der Waals surface area (Å²) in [5, 5.41) is 5.74. The van der Waals surface area contributed by atoms with Gasteiger partial charge in [0.15, 0.2) is 0 Å². The molecule has 0 fully saturated rings. The third-order valence-electron chi connectivity index (χ3n) is 4.42. The zero-order valence-corrected chi connectivity index (χ0v) is 16.1. The predicted octanol–water partition coefficient (Wildman–Crippen LogP) is 5.67. The van der Waals surface area contributed by atoms with Gasteiger partial charge >= 0.3 is 0 Å². The standard InChI is InChI=1S/C21H20N2O3S/c1-3-4-9-23-21(24)19-13(2)25-18-12-14(5-6-15(18)19)26-17-7-10-22-16-8-11-27-20(16)17/h5-8,10-12H,3-4,9H2,1-2H3,(H,23,24). The quantitative estimate of drug-likeness (QED) is 0.438. The first kappa shape index (κ1) is 17.5. The van der Waals surface area contributed by atoms with E-state index in [1.54, 1.807) is 17.5 Å². The van der Waals surface area contributed by atoms with Gasteiger partial charge in [0.2, 0.25) is 0 Å². The van der Waals surface area contributed by atoms with Crippen LogP contribution in [0.4, 0.5) is 0 Å². The van der Waals surface area contributed by atoms with E-state index in [9.17, 15) is 4.79 Å². The maximum absolute atomic E-state index is 12.5. The number of hydrogen-bond donors (Lipinski definition) is 1. The number of pyridine rings is 1. The van der Waals surface area contributed by atoms with Gasteiger partial charge in [0, 0.05) is 30.3 Å². The molecule has 5 nitrogen and oxygen atoms in total. The fourth-order valence-corrected chi connectivity index (χ4v) is 3.87. The van der Waals surface area contributed by atoms with E-state index in [-0.39, 0.29) is 5.91 Å². The minimum atomic E-state index is -0.0946. The van der Waals surface area contributed by atoms with Crippen molar-refractivity contribution in [1.82, 2.24) is 10.3 Å². The van der Waals surface area contributed by atoms with E-state index in [0.29, 0.717) is 29.2 Å². The summed E-state index contributed by atoms with van der Waals surface area (Å²) in [6, 6.07) is 9.38. The lowest BCUT2D eigenvalue weighted by atomic mass is 10.1. The Morgan fingerprint density at radius 1 is 1.30 bits per heavy atom. The van der Waals surface area contributed by atoms with Crippen molar-refractivity contribution >= 4 is 38.4 Å². The number of fused-ring (bicyclic) bond motifs is 2. The van der Waals surface area contributed by atoms with Crippen LogP contribution in [-0.4, -0.2) is 17.4 Å². The highest BCUT2D eigenvalue weighted by molar-refractivity contribution is 7.17. The molecular weight excluding hydrogens is 360 g/mol. The van der Waals surface area contributed by atoms with Crippen LogP contribution in [0.1, 0.15) is 35.9 Å². The maximum atomic E-state index is 12.5. The van der Waals surface area contributed by atoms with Gasteiger partial charge in [0.1, 0.15) is 22.8 Å². The Balaban J connectivity index is 1.63. The molecule has 0 aliphatic carbocycles. The van der Waals surface area contributed by atoms with E-state index in [0.717, 1.165) is 34.2 Å². The number of rotatable bonds is 6. The number of thiophene rings is 1. The molecule has 0 spiro atoms. The second-order valence-corrected chi connectivity index (χ2v) is 7.26. The number of aromatic nitrogens is 1. The van der Waals surface area contributed by atoms with Gasteiger partial charge in [-0.1, -0.05) is 13.3 Å². The lowest BCUT2D eigenvalue weighted by Gasteiger charge is -2.06. The Hall–Kier alpha value is -2.86. The minimum absolute atomic E-state index is 0.0946. The van der Waals surface area contributed by atoms with Gasteiger partial charge in [-0.25, -0.2) is 0 Å². The largest absolute Gasteiger partial charge is 0.460 e. The van der Waals surface area contributed by atoms with Crippen LogP contribution >= 0.6 is 11.3 Å². The van der Waals surface area contributed by atoms with E-state index in [4.69, 9.17) is 9.15 Å². The second kappa shape index (κ2) is 7.40. The van der Waals surface area contributed by atoms with Crippen LogP contribution in [0.2, 0.25) is 0 Å². The van der Waals surface area contributed by atoms with Gasteiger partial charge in [-0.05, 0) is 36.9 Å². The van der Waals surface area contributed by atoms with Crippen LogP contribution in [0, 0.1) is 6.92 Å². The van der Waals surface area contributed by atoms with E-state index in [1.165, 1.54) is 0 Å². The number of nitrogens with one attached hydrogen (secondary N) is 1. The molecule has 0 saturated heterocycles. The number of hydrogen-bond acceptors (Lipinski definition) is 5. The van der Waals surface area contributed by atoms with Crippen molar-refractivity contribution in [2.24, 2.45) is 0 Å². The van der Waals surface area contributed by atoms with Crippen molar-refractivity contribution in [2.75, 3.05) is 6.54 Å². The van der Waals surface area contributed by atoms with Crippen LogP contribution in [0.25, 0.3) is 21.2 Å². The third-order valence-corrected chi connectivity index (χ3v) is 5.33. The predicted molar refractivity (Wildman–Crippen MR) is 108 cm³/mol. The molecule has 27 heavy (non-hydrogen) atoms. The fourth-order valence-electron chi connectivity index (χ4n) is 3.07. The molecule has 1 N–H and O–H groups in total. The smallest absolute Gasteiger partial charge is 0.255 e. The monoisotopic (exact) mass is 380 g/mol. The summed E-state index contributed by atoms with van der Waals surface area (Å²) in [6.07, 6.45) is 3.74. The van der Waals surface area contributed by atoms with Crippen molar-refractivity contribution in [3.8, 4) is 11.5 Å². The van der Waals surface area contributed by atoms with E-state index < -0.39 is 0 Å². The second-order valence-electron chi connectivity index (χ2n) is 6.35. The number of furan rings is 1. The number of ether oxygens (including phenoxy) is 1. The van der Waals surface area contributed by atoms with Crippen LogP contribution in [0.3, 0.4) is 0 Å². The number of amides is 1. The summed E-state index contributed by atoms with van der Waals surface area (Å²) < 4.78 is 12.9. The zero-order chi connectivity index (χ0) is 18.8. The van der Waals surface area contributed by atoms with Crippen molar-refractivity contribution in [3.63, 3.8) is 0 Å². The lowest BCUT2D eigenvalue weighted by Crippen LogP contribution is -2.24. The highest BCUT2D eigenvalue weighted by atomic mass is 32.1. The summed E-state index contributed by atoms with van der Waals surface area (Å²) in [6.45, 7) is 4.58. The Morgan fingerprint density at radius 2 is 2.19 bits per heavy atom.